The average molecular weight is 252 g/mol. The Labute approximate surface area is 105 Å². The molecule has 0 radical (unpaired) electrons. The third-order valence-corrected chi connectivity index (χ3v) is 7.28. The van der Waals surface area contributed by atoms with Crippen LogP contribution in [0.3, 0.4) is 0 Å². The lowest BCUT2D eigenvalue weighted by Crippen LogP contribution is -2.40. The SMILES string of the molecule is CC(C)(Cc1ccccc1CCO)[Si](C)(C)O. The van der Waals surface area contributed by atoms with Crippen molar-refractivity contribution in [1.82, 2.24) is 0 Å². The molecule has 3 heteroatoms. The molecule has 0 saturated heterocycles. The smallest absolute Gasteiger partial charge is 0.188 e. The predicted octanol–water partition coefficient (Wildman–Crippen LogP) is 2.74. The lowest BCUT2D eigenvalue weighted by Gasteiger charge is -2.35. The van der Waals surface area contributed by atoms with Crippen LogP contribution in [0.1, 0.15) is 25.0 Å². The fraction of sp³-hybridized carbons (Fsp3) is 0.571. The summed E-state index contributed by atoms with van der Waals surface area (Å²) in [5.41, 5.74) is 2.45. The minimum atomic E-state index is -2.18. The fourth-order valence-electron chi connectivity index (χ4n) is 1.79. The summed E-state index contributed by atoms with van der Waals surface area (Å²) in [5, 5.41) is 9.00. The molecule has 2 N–H and O–H groups in total. The Bertz CT molecular complexity index is 367. The topological polar surface area (TPSA) is 40.5 Å². The van der Waals surface area contributed by atoms with E-state index in [-0.39, 0.29) is 11.6 Å². The van der Waals surface area contributed by atoms with Crippen LogP contribution in [0.5, 0.6) is 0 Å². The van der Waals surface area contributed by atoms with Crippen LogP contribution < -0.4 is 0 Å². The Morgan fingerprint density at radius 1 is 1.12 bits per heavy atom. The third-order valence-electron chi connectivity index (χ3n) is 3.79. The molecular weight excluding hydrogens is 228 g/mol. The van der Waals surface area contributed by atoms with Crippen molar-refractivity contribution in [3.8, 4) is 0 Å². The zero-order valence-electron chi connectivity index (χ0n) is 11.3. The molecule has 1 aromatic rings. The van der Waals surface area contributed by atoms with E-state index in [0.717, 1.165) is 6.42 Å². The molecule has 0 aromatic heterocycles. The van der Waals surface area contributed by atoms with E-state index >= 15 is 0 Å². The Kier molecular flexibility index (Phi) is 4.53. The molecule has 1 rings (SSSR count). The van der Waals surface area contributed by atoms with Crippen molar-refractivity contribution in [2.24, 2.45) is 0 Å². The number of hydrogen-bond donors (Lipinski definition) is 2. The minimum Gasteiger partial charge on any atom is -0.432 e. The second-order valence-corrected chi connectivity index (χ2v) is 10.3. The Morgan fingerprint density at radius 2 is 1.65 bits per heavy atom. The first-order chi connectivity index (χ1) is 7.78. The molecular formula is C14H24O2Si. The summed E-state index contributed by atoms with van der Waals surface area (Å²) in [7, 11) is -2.18. The van der Waals surface area contributed by atoms with Gasteiger partial charge < -0.3 is 9.90 Å². The van der Waals surface area contributed by atoms with Crippen molar-refractivity contribution in [3.05, 3.63) is 35.4 Å². The zero-order valence-corrected chi connectivity index (χ0v) is 12.3. The standard InChI is InChI=1S/C14H24O2Si/c1-14(2,17(3,4)16)11-13-8-6-5-7-12(13)9-10-15/h5-8,15-16H,9-11H2,1-4H3. The quantitative estimate of drug-likeness (QED) is 0.791. The van der Waals surface area contributed by atoms with Crippen LogP contribution in [-0.4, -0.2) is 24.8 Å². The highest BCUT2D eigenvalue weighted by Gasteiger charge is 2.38. The van der Waals surface area contributed by atoms with Crippen molar-refractivity contribution in [1.29, 1.82) is 0 Å². The molecule has 1 aromatic carbocycles. The Morgan fingerprint density at radius 3 is 2.12 bits per heavy atom. The van der Waals surface area contributed by atoms with E-state index in [9.17, 15) is 4.80 Å². The van der Waals surface area contributed by atoms with Crippen LogP contribution in [0.4, 0.5) is 0 Å². The van der Waals surface area contributed by atoms with Crippen LogP contribution >= 0.6 is 0 Å². The van der Waals surface area contributed by atoms with Crippen molar-refractivity contribution < 1.29 is 9.90 Å². The molecule has 2 nitrogen and oxygen atoms in total. The number of aliphatic hydroxyl groups is 1. The largest absolute Gasteiger partial charge is 0.432 e. The first-order valence-corrected chi connectivity index (χ1v) is 9.13. The van der Waals surface area contributed by atoms with Gasteiger partial charge in [0.1, 0.15) is 0 Å². The van der Waals surface area contributed by atoms with Crippen LogP contribution in [0.15, 0.2) is 24.3 Å². The third kappa shape index (κ3) is 3.66. The highest BCUT2D eigenvalue weighted by molar-refractivity contribution is 6.72. The molecule has 0 fully saturated rings. The highest BCUT2D eigenvalue weighted by atomic mass is 28.4. The van der Waals surface area contributed by atoms with E-state index in [1.807, 2.05) is 25.2 Å². The molecule has 0 aliphatic carbocycles. The average Bonchev–Trinajstić information content (AvgIpc) is 2.19. The van der Waals surface area contributed by atoms with Gasteiger partial charge in [0.25, 0.3) is 0 Å². The molecule has 0 amide bonds. The first kappa shape index (κ1) is 14.4. The summed E-state index contributed by atoms with van der Waals surface area (Å²) < 4.78 is 0. The molecule has 0 saturated carbocycles. The van der Waals surface area contributed by atoms with E-state index in [4.69, 9.17) is 5.11 Å². The summed E-state index contributed by atoms with van der Waals surface area (Å²) in [6, 6.07) is 8.20. The van der Waals surface area contributed by atoms with E-state index in [1.54, 1.807) is 0 Å². The maximum Gasteiger partial charge on any atom is 0.188 e. The molecule has 0 aliphatic rings. The minimum absolute atomic E-state index is 0.0570. The summed E-state index contributed by atoms with van der Waals surface area (Å²) in [6.07, 6.45) is 1.57. The summed E-state index contributed by atoms with van der Waals surface area (Å²) in [6.45, 7) is 8.42. The lowest BCUT2D eigenvalue weighted by atomic mass is 9.96. The molecule has 0 bridgehead atoms. The summed E-state index contributed by atoms with van der Waals surface area (Å²) >= 11 is 0. The normalized spacial score (nSPS) is 12.8. The molecule has 0 aliphatic heterocycles. The van der Waals surface area contributed by atoms with E-state index in [0.29, 0.717) is 6.42 Å². The van der Waals surface area contributed by atoms with Gasteiger partial charge in [-0.15, -0.1) is 0 Å². The molecule has 0 heterocycles. The zero-order chi connectivity index (χ0) is 13.1. The van der Waals surface area contributed by atoms with Gasteiger partial charge in [-0.2, -0.15) is 0 Å². The molecule has 0 spiro atoms. The second-order valence-electron chi connectivity index (χ2n) is 5.86. The maximum atomic E-state index is 10.3. The summed E-state index contributed by atoms with van der Waals surface area (Å²) in [5.74, 6) is 0. The number of rotatable bonds is 5. The van der Waals surface area contributed by atoms with E-state index in [2.05, 4.69) is 26.0 Å². The van der Waals surface area contributed by atoms with Gasteiger partial charge in [-0.25, -0.2) is 0 Å². The highest BCUT2D eigenvalue weighted by Crippen LogP contribution is 2.39. The van der Waals surface area contributed by atoms with Crippen LogP contribution in [0.2, 0.25) is 18.1 Å². The molecule has 96 valence electrons. The van der Waals surface area contributed by atoms with Gasteiger partial charge >= 0.3 is 0 Å². The molecule has 17 heavy (non-hydrogen) atoms. The summed E-state index contributed by atoms with van der Waals surface area (Å²) in [4.78, 5) is 10.3. The monoisotopic (exact) mass is 252 g/mol. The first-order valence-electron chi connectivity index (χ1n) is 6.18. The van der Waals surface area contributed by atoms with Gasteiger partial charge in [0.15, 0.2) is 8.32 Å². The van der Waals surface area contributed by atoms with Gasteiger partial charge in [0, 0.05) is 6.61 Å². The van der Waals surface area contributed by atoms with Gasteiger partial charge in [-0.05, 0) is 42.1 Å². The lowest BCUT2D eigenvalue weighted by molar-refractivity contribution is 0.299. The van der Waals surface area contributed by atoms with E-state index < -0.39 is 8.32 Å². The predicted molar refractivity (Wildman–Crippen MR) is 74.7 cm³/mol. The van der Waals surface area contributed by atoms with Crippen molar-refractivity contribution in [2.75, 3.05) is 6.61 Å². The second kappa shape index (κ2) is 5.34. The number of aliphatic hydroxyl groups excluding tert-OH is 1. The fourth-order valence-corrected chi connectivity index (χ4v) is 2.41. The van der Waals surface area contributed by atoms with Crippen molar-refractivity contribution in [3.63, 3.8) is 0 Å². The van der Waals surface area contributed by atoms with Gasteiger partial charge in [0.2, 0.25) is 0 Å². The van der Waals surface area contributed by atoms with Crippen molar-refractivity contribution in [2.45, 2.75) is 44.8 Å². The molecule has 0 unspecified atom stereocenters. The van der Waals surface area contributed by atoms with E-state index in [1.165, 1.54) is 11.1 Å². The number of hydrogen-bond acceptors (Lipinski definition) is 2. The Balaban J connectivity index is 2.95. The van der Waals surface area contributed by atoms with Gasteiger partial charge in [-0.3, -0.25) is 0 Å². The maximum absolute atomic E-state index is 10.3. The van der Waals surface area contributed by atoms with Crippen molar-refractivity contribution >= 4 is 8.32 Å². The van der Waals surface area contributed by atoms with Crippen LogP contribution in [0.25, 0.3) is 0 Å². The molecule has 0 atom stereocenters. The Hall–Kier alpha value is -0.643. The van der Waals surface area contributed by atoms with Gasteiger partial charge in [-0.1, -0.05) is 38.1 Å². The van der Waals surface area contributed by atoms with Crippen LogP contribution in [-0.2, 0) is 12.8 Å². The number of benzene rings is 1. The van der Waals surface area contributed by atoms with Crippen LogP contribution in [0, 0.1) is 0 Å². The van der Waals surface area contributed by atoms with Gasteiger partial charge in [0.05, 0.1) is 0 Å².